The molecule has 3 heterocycles. The van der Waals surface area contributed by atoms with Crippen LogP contribution in [0.2, 0.25) is 1.41 Å². The standard InChI is InChI=1S/C40H49N9O12/c1-22(2)34(41-21-61-60-6)38(52)46-17-7-9-30(46)36(50)43-28-13-11-24(19-32(28)48(55)56)26-15-16-27(42-26)25-12-14-29(33(20-25)49(57)58)44-37(51)31-10-8-18-47(31)39(53)35(23(3)4)45-40(54)59-5/h11-16,19-23,30-31,34-35,42H,7-10,17-18H2,1-6H3,(H,43,50)(H,44,51)(H,45,54)/i/hD. The highest BCUT2D eigenvalue weighted by molar-refractivity contribution is 6.01. The molecule has 3 aromatic rings. The van der Waals surface area contributed by atoms with Crippen molar-refractivity contribution in [3.8, 4) is 22.5 Å². The van der Waals surface area contributed by atoms with E-state index in [9.17, 15) is 44.2 Å². The summed E-state index contributed by atoms with van der Waals surface area (Å²) in [5.41, 5.74) is -0.458. The van der Waals surface area contributed by atoms with Gasteiger partial charge in [0.15, 0.2) is 1.41 Å². The van der Waals surface area contributed by atoms with Crippen LogP contribution in [0, 0.1) is 32.1 Å². The number of hydrogen-bond donors (Lipinski definition) is 4. The van der Waals surface area contributed by atoms with Crippen LogP contribution < -0.4 is 16.0 Å². The summed E-state index contributed by atoms with van der Waals surface area (Å²) in [6.07, 6.45) is 1.82. The number of alkyl carbamates (subject to hydrolysis) is 1. The quantitative estimate of drug-likeness (QED) is 0.0486. The van der Waals surface area contributed by atoms with E-state index in [-0.39, 0.29) is 65.2 Å². The molecular formula is C40H49N9O12. The van der Waals surface area contributed by atoms with Gasteiger partial charge in [0.1, 0.15) is 35.5 Å². The molecule has 326 valence electrons. The Morgan fingerprint density at radius 1 is 0.803 bits per heavy atom. The number of nitro benzene ring substituents is 2. The van der Waals surface area contributed by atoms with E-state index >= 15 is 0 Å². The monoisotopic (exact) mass is 848 g/mol. The summed E-state index contributed by atoms with van der Waals surface area (Å²) >= 11 is 0. The van der Waals surface area contributed by atoms with Gasteiger partial charge < -0.3 is 40.4 Å². The van der Waals surface area contributed by atoms with Gasteiger partial charge in [0.25, 0.3) is 11.4 Å². The molecule has 4 atom stereocenters. The molecule has 4 unspecified atom stereocenters. The van der Waals surface area contributed by atoms with E-state index in [4.69, 9.17) is 1.41 Å². The summed E-state index contributed by atoms with van der Waals surface area (Å²) in [5.74, 6) is -2.77. The summed E-state index contributed by atoms with van der Waals surface area (Å²) in [7, 11) is 2.45. The molecule has 2 aromatic carbocycles. The van der Waals surface area contributed by atoms with Crippen molar-refractivity contribution < 1.29 is 49.7 Å². The molecule has 5 amide bonds. The molecule has 0 saturated carbocycles. The number of carbonyl (C=O) groups is 5. The lowest BCUT2D eigenvalue weighted by atomic mass is 10.0. The highest BCUT2D eigenvalue weighted by Gasteiger charge is 2.40. The number of hydrogen-bond acceptors (Lipinski definition) is 13. The summed E-state index contributed by atoms with van der Waals surface area (Å²) < 4.78 is 13.5. The minimum absolute atomic E-state index is 0.130. The number of anilines is 2. The molecule has 5 rings (SSSR count). The summed E-state index contributed by atoms with van der Waals surface area (Å²) in [6.45, 7) is 7.55. The maximum atomic E-state index is 13.5. The zero-order valence-electron chi connectivity index (χ0n) is 35.5. The van der Waals surface area contributed by atoms with E-state index in [1.54, 1.807) is 27.7 Å². The number of aromatic amines is 1. The average molecular weight is 849 g/mol. The van der Waals surface area contributed by atoms with Gasteiger partial charge in [-0.15, -0.1) is 0 Å². The number of aliphatic imine (C=N–C) groups is 1. The van der Waals surface area contributed by atoms with Crippen molar-refractivity contribution in [2.75, 3.05) is 37.9 Å². The summed E-state index contributed by atoms with van der Waals surface area (Å²) in [6, 6.07) is 7.19. The molecule has 2 fully saturated rings. The number of methoxy groups -OCH3 is 1. The smallest absolute Gasteiger partial charge is 0.407 e. The van der Waals surface area contributed by atoms with E-state index < -0.39 is 75.1 Å². The Balaban J connectivity index is 1.34. The third kappa shape index (κ3) is 10.5. The first kappa shape index (κ1) is 43.7. The normalized spacial score (nSPS) is 17.5. The van der Waals surface area contributed by atoms with E-state index in [0.29, 0.717) is 19.3 Å². The molecule has 2 aliphatic rings. The van der Waals surface area contributed by atoms with Crippen LogP contribution in [0.4, 0.5) is 27.5 Å². The van der Waals surface area contributed by atoms with Crippen molar-refractivity contribution in [1.82, 2.24) is 20.1 Å². The van der Waals surface area contributed by atoms with Crippen LogP contribution in [0.3, 0.4) is 0 Å². The number of nitrogens with one attached hydrogen (secondary N) is 4. The molecule has 0 spiro atoms. The first-order valence-electron chi connectivity index (χ1n) is 20.0. The third-order valence-corrected chi connectivity index (χ3v) is 10.4. The highest BCUT2D eigenvalue weighted by atomic mass is 17.2. The van der Waals surface area contributed by atoms with Crippen LogP contribution >= 0.6 is 0 Å². The van der Waals surface area contributed by atoms with Crippen molar-refractivity contribution in [2.24, 2.45) is 16.8 Å². The molecule has 21 nitrogen and oxygen atoms in total. The number of likely N-dealkylation sites (tertiary alicyclic amines) is 2. The minimum Gasteiger partial charge on any atom is -0.453 e. The lowest BCUT2D eigenvalue weighted by Crippen LogP contribution is -2.54. The molecule has 4 N–H and O–H groups in total. The summed E-state index contributed by atoms with van der Waals surface area (Å²) in [5, 5.41) is 32.3. The maximum absolute atomic E-state index is 13.5. The van der Waals surface area contributed by atoms with Crippen LogP contribution in [0.1, 0.15) is 53.4 Å². The Morgan fingerprint density at radius 2 is 1.30 bits per heavy atom. The number of H-pyrrole nitrogens is 1. The van der Waals surface area contributed by atoms with Crippen LogP contribution in [-0.2, 0) is 33.7 Å². The Morgan fingerprint density at radius 3 is 1.72 bits per heavy atom. The number of nitrogens with zero attached hydrogens (tertiary/aromatic N) is 5. The fourth-order valence-corrected chi connectivity index (χ4v) is 7.32. The van der Waals surface area contributed by atoms with Gasteiger partial charge in [0, 0.05) is 47.7 Å². The number of ether oxygens (including phenoxy) is 1. The third-order valence-electron chi connectivity index (χ3n) is 10.4. The van der Waals surface area contributed by atoms with Gasteiger partial charge >= 0.3 is 6.09 Å². The second-order valence-electron chi connectivity index (χ2n) is 15.1. The second-order valence-corrected chi connectivity index (χ2v) is 15.1. The van der Waals surface area contributed by atoms with Crippen molar-refractivity contribution in [2.45, 2.75) is 77.5 Å². The van der Waals surface area contributed by atoms with Crippen LogP contribution in [-0.4, -0.2) is 112 Å². The largest absolute Gasteiger partial charge is 0.453 e. The van der Waals surface area contributed by atoms with Gasteiger partial charge in [-0.2, -0.15) is 4.89 Å². The predicted molar refractivity (Wildman–Crippen MR) is 221 cm³/mol. The van der Waals surface area contributed by atoms with Gasteiger partial charge in [-0.05, 0) is 61.8 Å². The Bertz CT molecular complexity index is 2250. The number of benzene rings is 2. The second kappa shape index (κ2) is 19.9. The van der Waals surface area contributed by atoms with Crippen LogP contribution in [0.25, 0.3) is 22.5 Å². The Hall–Kier alpha value is -6.90. The first-order valence-corrected chi connectivity index (χ1v) is 19.6. The van der Waals surface area contributed by atoms with Gasteiger partial charge in [-0.3, -0.25) is 39.4 Å². The number of aromatic nitrogens is 1. The molecule has 2 saturated heterocycles. The van der Waals surface area contributed by atoms with Gasteiger partial charge in [-0.25, -0.2) is 9.79 Å². The first-order chi connectivity index (χ1) is 29.5. The van der Waals surface area contributed by atoms with Gasteiger partial charge in [-0.1, -0.05) is 39.8 Å². The van der Waals surface area contributed by atoms with E-state index in [2.05, 4.69) is 35.5 Å². The van der Waals surface area contributed by atoms with Crippen molar-refractivity contribution >= 4 is 58.9 Å². The van der Waals surface area contributed by atoms with Crippen LogP contribution in [0.15, 0.2) is 53.5 Å². The molecule has 21 heteroatoms. The lowest BCUT2D eigenvalue weighted by Gasteiger charge is -2.30. The molecule has 0 bridgehead atoms. The molecule has 61 heavy (non-hydrogen) atoms. The fraction of sp³-hybridized carbons (Fsp3) is 0.450. The van der Waals surface area contributed by atoms with E-state index in [1.165, 1.54) is 72.6 Å². The molecule has 2 aliphatic heterocycles. The van der Waals surface area contributed by atoms with Gasteiger partial charge in [0.2, 0.25) is 30.0 Å². The summed E-state index contributed by atoms with van der Waals surface area (Å²) in [4.78, 5) is 106. The maximum Gasteiger partial charge on any atom is 0.407 e. The van der Waals surface area contributed by atoms with Crippen molar-refractivity contribution in [1.29, 1.82) is 0 Å². The molecule has 1 aromatic heterocycles. The van der Waals surface area contributed by atoms with Crippen molar-refractivity contribution in [3.05, 3.63) is 68.8 Å². The molecular weight excluding hydrogens is 798 g/mol. The predicted octanol–water partition coefficient (Wildman–Crippen LogP) is 5.04. The zero-order chi connectivity index (χ0) is 45.4. The Kier molecular flexibility index (Phi) is 14.2. The minimum atomic E-state index is -0.973. The molecule has 0 radical (unpaired) electrons. The van der Waals surface area contributed by atoms with Crippen molar-refractivity contribution in [3.63, 3.8) is 0 Å². The van der Waals surface area contributed by atoms with Crippen LogP contribution in [0.5, 0.6) is 0 Å². The number of nitro groups is 2. The highest BCUT2D eigenvalue weighted by Crippen LogP contribution is 2.35. The van der Waals surface area contributed by atoms with Gasteiger partial charge in [0.05, 0.1) is 24.1 Å². The van der Waals surface area contributed by atoms with E-state index in [0.717, 1.165) is 11.4 Å². The Labute approximate surface area is 351 Å². The van der Waals surface area contributed by atoms with E-state index in [1.807, 2.05) is 0 Å². The number of rotatable bonds is 16. The fourth-order valence-electron chi connectivity index (χ4n) is 7.32. The SMILES string of the molecule is [2H]n1c(-c2ccc(NC(=O)C3CCCN3C(=O)C(N=COOC)C(C)C)c([N+](=O)[O-])c2)ccc1-c1ccc(NC(=O)C2CCCN2C(=O)C(NC(=O)OC)C(C)C)c([N+](=O)[O-])c1. The topological polar surface area (TPSA) is 270 Å². The number of amides is 5. The molecule has 0 aliphatic carbocycles. The average Bonchev–Trinajstić information content (AvgIpc) is 4.02. The lowest BCUT2D eigenvalue weighted by molar-refractivity contribution is -0.384. The number of carbonyl (C=O) groups excluding carboxylic acids is 5. The zero-order valence-corrected chi connectivity index (χ0v) is 34.5.